The summed E-state index contributed by atoms with van der Waals surface area (Å²) in [7, 11) is 0. The van der Waals surface area contributed by atoms with Crippen molar-refractivity contribution in [2.45, 2.75) is 3.92 Å². The molecule has 3 rings (SSSR count). The molecule has 0 aliphatic heterocycles. The Labute approximate surface area is 97.1 Å². The topological polar surface area (TPSA) is 0 Å². The Kier molecular flexibility index (Phi) is 1.87. The second kappa shape index (κ2) is 3.09. The first kappa shape index (κ1) is 8.48. The minimum atomic E-state index is 0.568. The van der Waals surface area contributed by atoms with Crippen LogP contribution in [0.25, 0.3) is 11.1 Å². The molecule has 68 valence electrons. The molecule has 0 spiro atoms. The molecule has 0 heterocycles. The molecule has 2 aromatic rings. The molecule has 0 atom stereocenters. The average Bonchev–Trinajstić information content (AvgIpc) is 2.55. The summed E-state index contributed by atoms with van der Waals surface area (Å²) in [5, 5.41) is 0. The maximum atomic E-state index is 2.24. The Morgan fingerprint density at radius 3 is 1.64 bits per heavy atom. The fourth-order valence-corrected chi connectivity index (χ4v) is 3.28. The zero-order valence-corrected chi connectivity index (χ0v) is 9.93. The van der Waals surface area contributed by atoms with Gasteiger partial charge in [0, 0.05) is 11.1 Å². The summed E-state index contributed by atoms with van der Waals surface area (Å²) in [6.45, 7) is 0. The number of hydrogen-bond acceptors (Lipinski definition) is 0. The molecule has 0 N–H and O–H groups in total. The molecule has 0 fully saturated rings. The van der Waals surface area contributed by atoms with Gasteiger partial charge in [-0.2, -0.15) is 0 Å². The summed E-state index contributed by atoms with van der Waals surface area (Å²) < 4.78 is 0.568. The van der Waals surface area contributed by atoms with Gasteiger partial charge in [0.25, 0.3) is 22.6 Å². The van der Waals surface area contributed by atoms with Crippen molar-refractivity contribution in [1.29, 1.82) is 0 Å². The van der Waals surface area contributed by atoms with Gasteiger partial charge < -0.3 is 0 Å². The lowest BCUT2D eigenvalue weighted by molar-refractivity contribution is -0.410. The molecule has 0 unspecified atom stereocenters. The van der Waals surface area contributed by atoms with Gasteiger partial charge in [0.15, 0.2) is 0 Å². The molecule has 0 radical (unpaired) electrons. The lowest BCUT2D eigenvalue weighted by atomic mass is 10.1. The van der Waals surface area contributed by atoms with Gasteiger partial charge in [0.1, 0.15) is 0 Å². The molecule has 0 aromatic heterocycles. The second-order valence-electron chi connectivity index (χ2n) is 3.55. The summed E-state index contributed by atoms with van der Waals surface area (Å²) in [6, 6.07) is 17.4. The van der Waals surface area contributed by atoms with Crippen LogP contribution in [0.4, 0.5) is 0 Å². The predicted molar refractivity (Wildman–Crippen MR) is 55.1 cm³/mol. The van der Waals surface area contributed by atoms with Crippen molar-refractivity contribution in [2.24, 2.45) is 0 Å². The molecule has 1 aliphatic rings. The zero-order chi connectivity index (χ0) is 9.54. The van der Waals surface area contributed by atoms with E-state index < -0.39 is 0 Å². The fourth-order valence-electron chi connectivity index (χ4n) is 2.11. The van der Waals surface area contributed by atoms with Gasteiger partial charge in [-0.05, 0) is 11.1 Å². The van der Waals surface area contributed by atoms with Crippen LogP contribution in [0.3, 0.4) is 0 Å². The first-order chi connectivity index (χ1) is 6.88. The van der Waals surface area contributed by atoms with Crippen LogP contribution >= 0.6 is 0 Å². The van der Waals surface area contributed by atoms with Gasteiger partial charge >= 0.3 is 0 Å². The molecular formula is C13H10I+. The smallest absolute Gasteiger partial charge is 0.0618 e. The summed E-state index contributed by atoms with van der Waals surface area (Å²) in [6.07, 6.45) is 0. The second-order valence-corrected chi connectivity index (χ2v) is 4.90. The zero-order valence-electron chi connectivity index (χ0n) is 7.60. The van der Waals surface area contributed by atoms with Crippen molar-refractivity contribution < 1.29 is 22.6 Å². The minimum Gasteiger partial charge on any atom is -0.0618 e. The van der Waals surface area contributed by atoms with Crippen molar-refractivity contribution >= 4 is 0 Å². The molecule has 1 aliphatic carbocycles. The highest BCUT2D eigenvalue weighted by Crippen LogP contribution is 2.39. The Hall–Kier alpha value is -0.830. The lowest BCUT2D eigenvalue weighted by Gasteiger charge is -1.96. The van der Waals surface area contributed by atoms with Crippen molar-refractivity contribution in [1.82, 2.24) is 0 Å². The van der Waals surface area contributed by atoms with E-state index in [2.05, 4.69) is 71.1 Å². The molecule has 0 saturated carbocycles. The molecular weight excluding hydrogens is 283 g/mol. The van der Waals surface area contributed by atoms with E-state index in [1.54, 1.807) is 0 Å². The third-order valence-electron chi connectivity index (χ3n) is 2.78. The van der Waals surface area contributed by atoms with Crippen LogP contribution in [0.15, 0.2) is 48.5 Å². The molecule has 14 heavy (non-hydrogen) atoms. The van der Waals surface area contributed by atoms with E-state index in [9.17, 15) is 0 Å². The molecule has 0 nitrogen and oxygen atoms in total. The van der Waals surface area contributed by atoms with Crippen LogP contribution in [-0.2, 0) is 0 Å². The number of benzene rings is 2. The monoisotopic (exact) mass is 293 g/mol. The van der Waals surface area contributed by atoms with Gasteiger partial charge in [0.2, 0.25) is 3.92 Å². The summed E-state index contributed by atoms with van der Waals surface area (Å²) in [4.78, 5) is 0. The van der Waals surface area contributed by atoms with E-state index in [0.29, 0.717) is 3.92 Å². The van der Waals surface area contributed by atoms with Crippen molar-refractivity contribution in [3.05, 3.63) is 59.7 Å². The maximum absolute atomic E-state index is 2.24. The van der Waals surface area contributed by atoms with Gasteiger partial charge in [-0.1, -0.05) is 48.5 Å². The molecule has 2 aromatic carbocycles. The van der Waals surface area contributed by atoms with Gasteiger partial charge in [-0.25, -0.2) is 0 Å². The fraction of sp³-hybridized carbons (Fsp3) is 0.0769. The van der Waals surface area contributed by atoms with E-state index in [1.807, 2.05) is 0 Å². The Morgan fingerprint density at radius 2 is 1.14 bits per heavy atom. The van der Waals surface area contributed by atoms with Crippen molar-refractivity contribution in [3.63, 3.8) is 0 Å². The molecule has 0 bridgehead atoms. The average molecular weight is 293 g/mol. The number of halogens is 1. The normalized spacial score (nSPS) is 13.8. The van der Waals surface area contributed by atoms with E-state index in [0.717, 1.165) is 0 Å². The highest BCUT2D eigenvalue weighted by atomic mass is 127. The van der Waals surface area contributed by atoms with E-state index in [4.69, 9.17) is 0 Å². The third-order valence-corrected chi connectivity index (χ3v) is 4.23. The van der Waals surface area contributed by atoms with Crippen LogP contribution in [0.5, 0.6) is 0 Å². The minimum absolute atomic E-state index is 0.568. The van der Waals surface area contributed by atoms with Crippen LogP contribution < -0.4 is 22.6 Å². The third kappa shape index (κ3) is 1.05. The van der Waals surface area contributed by atoms with Crippen molar-refractivity contribution in [3.8, 4) is 11.1 Å². The molecule has 0 amide bonds. The number of hydrogen-bond donors (Lipinski definition) is 0. The SMILES string of the molecule is [IH+]C1c2ccccc2-c2ccccc21. The predicted octanol–water partition coefficient (Wildman–Crippen LogP) is 0.0420. The Balaban J connectivity index is 2.36. The van der Waals surface area contributed by atoms with Gasteiger partial charge in [-0.15, -0.1) is 0 Å². The molecule has 0 saturated heterocycles. The standard InChI is InChI=1S/C13H10I/c14-13-11-7-3-1-5-9(11)10-6-2-4-8-12(10)13/h1-8,13-14H/q+1. The van der Waals surface area contributed by atoms with E-state index in [-0.39, 0.29) is 0 Å². The summed E-state index contributed by atoms with van der Waals surface area (Å²) >= 11 is 2.20. The highest BCUT2D eigenvalue weighted by Gasteiger charge is 2.31. The van der Waals surface area contributed by atoms with E-state index in [1.165, 1.54) is 22.3 Å². The number of rotatable bonds is 0. The Morgan fingerprint density at radius 1 is 0.714 bits per heavy atom. The first-order valence-corrected chi connectivity index (χ1v) is 6.06. The molecule has 1 heteroatoms. The van der Waals surface area contributed by atoms with Crippen LogP contribution in [0, 0.1) is 0 Å². The van der Waals surface area contributed by atoms with E-state index >= 15 is 0 Å². The largest absolute Gasteiger partial charge is 0.266 e. The summed E-state index contributed by atoms with van der Waals surface area (Å²) in [5.41, 5.74) is 5.77. The van der Waals surface area contributed by atoms with Crippen LogP contribution in [0.2, 0.25) is 0 Å². The van der Waals surface area contributed by atoms with Gasteiger partial charge in [-0.3, -0.25) is 0 Å². The lowest BCUT2D eigenvalue weighted by Crippen LogP contribution is -3.35. The Bertz CT molecular complexity index is 443. The maximum Gasteiger partial charge on any atom is 0.266 e. The number of alkyl halides is 1. The number of fused-ring (bicyclic) bond motifs is 3. The van der Waals surface area contributed by atoms with Gasteiger partial charge in [0.05, 0.1) is 0 Å². The first-order valence-electron chi connectivity index (χ1n) is 4.72. The van der Waals surface area contributed by atoms with Crippen LogP contribution in [-0.4, -0.2) is 0 Å². The van der Waals surface area contributed by atoms with Crippen LogP contribution in [0.1, 0.15) is 15.1 Å². The van der Waals surface area contributed by atoms with Crippen molar-refractivity contribution in [2.75, 3.05) is 0 Å². The quantitative estimate of drug-likeness (QED) is 0.475. The summed E-state index contributed by atoms with van der Waals surface area (Å²) in [5.74, 6) is 0. The highest BCUT2D eigenvalue weighted by molar-refractivity contribution is 5.77.